The average molecular weight is 457 g/mol. The molecule has 1 saturated carbocycles. The molecular formula is C26H40N4O3. The van der Waals surface area contributed by atoms with Crippen LogP contribution in [-0.4, -0.2) is 73.7 Å². The number of alkyl carbamates (subject to hydrolysis) is 1. The van der Waals surface area contributed by atoms with Crippen molar-refractivity contribution in [1.29, 1.82) is 0 Å². The molecule has 3 fully saturated rings. The molecule has 0 bridgehead atoms. The van der Waals surface area contributed by atoms with Crippen molar-refractivity contribution >= 4 is 12.0 Å². The van der Waals surface area contributed by atoms with Crippen molar-refractivity contribution in [2.45, 2.75) is 57.6 Å². The number of carbonyl (C=O) groups is 2. The Labute approximate surface area is 198 Å². The average Bonchev–Trinajstić information content (AvgIpc) is 2.88. The summed E-state index contributed by atoms with van der Waals surface area (Å²) in [6.07, 6.45) is 7.45. The lowest BCUT2D eigenvalue weighted by atomic mass is 9.83. The zero-order valence-electron chi connectivity index (χ0n) is 19.8. The summed E-state index contributed by atoms with van der Waals surface area (Å²) in [6, 6.07) is 9.17. The highest BCUT2D eigenvalue weighted by Crippen LogP contribution is 2.28. The number of ether oxygens (including phenoxy) is 1. The molecule has 1 aromatic carbocycles. The Morgan fingerprint density at radius 3 is 2.36 bits per heavy atom. The summed E-state index contributed by atoms with van der Waals surface area (Å²) in [4.78, 5) is 30.6. The molecule has 1 aromatic rings. The maximum absolute atomic E-state index is 13.5. The third-order valence-electron chi connectivity index (χ3n) is 7.53. The molecule has 2 amide bonds. The van der Waals surface area contributed by atoms with Crippen LogP contribution in [-0.2, 0) is 16.1 Å². The van der Waals surface area contributed by atoms with Gasteiger partial charge in [0, 0.05) is 32.7 Å². The van der Waals surface area contributed by atoms with E-state index in [0.717, 1.165) is 83.0 Å². The van der Waals surface area contributed by atoms with Crippen molar-refractivity contribution in [2.24, 2.45) is 11.8 Å². The lowest BCUT2D eigenvalue weighted by Crippen LogP contribution is -2.57. The van der Waals surface area contributed by atoms with Crippen LogP contribution in [0.25, 0.3) is 0 Å². The Bertz CT molecular complexity index is 739. The molecule has 4 rings (SSSR count). The minimum absolute atomic E-state index is 0.0695. The molecule has 1 aliphatic carbocycles. The van der Waals surface area contributed by atoms with E-state index in [2.05, 4.69) is 15.5 Å². The zero-order chi connectivity index (χ0) is 22.9. The van der Waals surface area contributed by atoms with Gasteiger partial charge in [0.15, 0.2) is 0 Å². The van der Waals surface area contributed by atoms with E-state index in [9.17, 15) is 9.59 Å². The zero-order valence-corrected chi connectivity index (χ0v) is 19.8. The highest BCUT2D eigenvalue weighted by Gasteiger charge is 2.35. The number of nitrogens with one attached hydrogen (secondary N) is 2. The van der Waals surface area contributed by atoms with Gasteiger partial charge in [0.1, 0.15) is 12.6 Å². The van der Waals surface area contributed by atoms with Crippen molar-refractivity contribution in [3.05, 3.63) is 35.9 Å². The number of piperazine rings is 1. The van der Waals surface area contributed by atoms with Gasteiger partial charge in [0.05, 0.1) is 0 Å². The molecule has 0 unspecified atom stereocenters. The quantitative estimate of drug-likeness (QED) is 0.660. The van der Waals surface area contributed by atoms with Crippen molar-refractivity contribution in [2.75, 3.05) is 45.8 Å². The van der Waals surface area contributed by atoms with Crippen LogP contribution in [0.4, 0.5) is 4.79 Å². The molecule has 2 N–H and O–H groups in total. The summed E-state index contributed by atoms with van der Waals surface area (Å²) in [5.74, 6) is 1.04. The van der Waals surface area contributed by atoms with E-state index in [0.29, 0.717) is 0 Å². The summed E-state index contributed by atoms with van der Waals surface area (Å²) < 4.78 is 5.45. The number of benzene rings is 1. The molecule has 0 radical (unpaired) electrons. The number of rotatable bonds is 7. The highest BCUT2D eigenvalue weighted by atomic mass is 16.5. The fourth-order valence-electron chi connectivity index (χ4n) is 5.52. The summed E-state index contributed by atoms with van der Waals surface area (Å²) in [5.41, 5.74) is 0.943. The summed E-state index contributed by atoms with van der Waals surface area (Å²) in [5, 5.41) is 6.39. The maximum Gasteiger partial charge on any atom is 0.408 e. The monoisotopic (exact) mass is 456 g/mol. The second-order valence-electron chi connectivity index (χ2n) is 9.90. The van der Waals surface area contributed by atoms with E-state index in [-0.39, 0.29) is 18.4 Å². The molecule has 1 atom stereocenters. The molecule has 2 aliphatic heterocycles. The molecule has 7 heteroatoms. The lowest BCUT2D eigenvalue weighted by Gasteiger charge is -2.40. The molecule has 7 nitrogen and oxygen atoms in total. The van der Waals surface area contributed by atoms with E-state index in [1.807, 2.05) is 35.2 Å². The number of hydrogen-bond donors (Lipinski definition) is 2. The third-order valence-corrected chi connectivity index (χ3v) is 7.53. The SMILES string of the molecule is O=C(N[C@@H](C(=O)N1CCN(CC2CCNCC2)CC1)C1CCCCC1)OCc1ccccc1. The van der Waals surface area contributed by atoms with Crippen LogP contribution in [0.5, 0.6) is 0 Å². The molecule has 0 aromatic heterocycles. The van der Waals surface area contributed by atoms with Crippen LogP contribution in [0, 0.1) is 11.8 Å². The van der Waals surface area contributed by atoms with Crippen molar-refractivity contribution in [1.82, 2.24) is 20.4 Å². The van der Waals surface area contributed by atoms with Crippen molar-refractivity contribution in [3.8, 4) is 0 Å². The van der Waals surface area contributed by atoms with E-state index >= 15 is 0 Å². The van der Waals surface area contributed by atoms with Gasteiger partial charge in [-0.25, -0.2) is 4.79 Å². The number of carbonyl (C=O) groups excluding carboxylic acids is 2. The summed E-state index contributed by atoms with van der Waals surface area (Å²) >= 11 is 0. The second kappa shape index (κ2) is 12.4. The topological polar surface area (TPSA) is 73.9 Å². The van der Waals surface area contributed by atoms with E-state index < -0.39 is 12.1 Å². The van der Waals surface area contributed by atoms with Gasteiger partial charge in [-0.1, -0.05) is 49.6 Å². The van der Waals surface area contributed by atoms with Gasteiger partial charge in [0.25, 0.3) is 0 Å². The largest absolute Gasteiger partial charge is 0.445 e. The smallest absolute Gasteiger partial charge is 0.408 e. The fraction of sp³-hybridized carbons (Fsp3) is 0.692. The Hall–Kier alpha value is -2.12. The van der Waals surface area contributed by atoms with Gasteiger partial charge >= 0.3 is 6.09 Å². The van der Waals surface area contributed by atoms with E-state index in [1.54, 1.807) is 0 Å². The van der Waals surface area contributed by atoms with E-state index in [1.165, 1.54) is 19.3 Å². The maximum atomic E-state index is 13.5. The van der Waals surface area contributed by atoms with Crippen molar-refractivity contribution in [3.63, 3.8) is 0 Å². The Morgan fingerprint density at radius 1 is 0.970 bits per heavy atom. The molecule has 33 heavy (non-hydrogen) atoms. The number of amides is 2. The Balaban J connectivity index is 1.30. The molecule has 3 aliphatic rings. The minimum Gasteiger partial charge on any atom is -0.445 e. The molecule has 0 spiro atoms. The van der Waals surface area contributed by atoms with E-state index in [4.69, 9.17) is 4.74 Å². The first kappa shape index (κ1) is 24.0. The van der Waals surface area contributed by atoms with Crippen LogP contribution < -0.4 is 10.6 Å². The number of hydrogen-bond acceptors (Lipinski definition) is 5. The first-order valence-corrected chi connectivity index (χ1v) is 12.9. The normalized spacial score (nSPS) is 22.0. The minimum atomic E-state index is -0.493. The Kier molecular flexibility index (Phi) is 9.01. The summed E-state index contributed by atoms with van der Waals surface area (Å²) in [7, 11) is 0. The number of piperidine rings is 1. The highest BCUT2D eigenvalue weighted by molar-refractivity contribution is 5.86. The molecule has 2 saturated heterocycles. The molecule has 2 heterocycles. The van der Waals surface area contributed by atoms with Crippen molar-refractivity contribution < 1.29 is 14.3 Å². The van der Waals surface area contributed by atoms with Crippen LogP contribution in [0.1, 0.15) is 50.5 Å². The first-order valence-electron chi connectivity index (χ1n) is 12.9. The van der Waals surface area contributed by atoms with Gasteiger partial charge in [-0.3, -0.25) is 9.69 Å². The predicted molar refractivity (Wildman–Crippen MR) is 129 cm³/mol. The lowest BCUT2D eigenvalue weighted by molar-refractivity contribution is -0.137. The Morgan fingerprint density at radius 2 is 1.67 bits per heavy atom. The van der Waals surface area contributed by atoms with Gasteiger partial charge in [-0.2, -0.15) is 0 Å². The van der Waals surface area contributed by atoms with Gasteiger partial charge in [-0.05, 0) is 56.2 Å². The fourth-order valence-corrected chi connectivity index (χ4v) is 5.52. The van der Waals surface area contributed by atoms with Crippen LogP contribution in [0.3, 0.4) is 0 Å². The van der Waals surface area contributed by atoms with Gasteiger partial charge in [-0.15, -0.1) is 0 Å². The van der Waals surface area contributed by atoms with Gasteiger partial charge < -0.3 is 20.3 Å². The number of nitrogens with zero attached hydrogens (tertiary/aromatic N) is 2. The molecule has 182 valence electrons. The molecular weight excluding hydrogens is 416 g/mol. The third kappa shape index (κ3) is 7.18. The van der Waals surface area contributed by atoms with Crippen LogP contribution in [0.2, 0.25) is 0 Å². The first-order chi connectivity index (χ1) is 16.2. The predicted octanol–water partition coefficient (Wildman–Crippen LogP) is 3.01. The van der Waals surface area contributed by atoms with Crippen LogP contribution >= 0.6 is 0 Å². The summed E-state index contributed by atoms with van der Waals surface area (Å²) in [6.45, 7) is 6.93. The van der Waals surface area contributed by atoms with Gasteiger partial charge in [0.2, 0.25) is 5.91 Å². The standard InChI is InChI=1S/C26H40N4O3/c31-25(30-17-15-29(16-18-30)19-21-11-13-27-14-12-21)24(23-9-5-2-6-10-23)28-26(32)33-20-22-7-3-1-4-8-22/h1,3-4,7-8,21,23-24,27H,2,5-6,9-20H2,(H,28,32)/t24-/m1/s1. The van der Waals surface area contributed by atoms with Crippen LogP contribution in [0.15, 0.2) is 30.3 Å². The second-order valence-corrected chi connectivity index (χ2v) is 9.90.